The molecule has 6 aromatic rings. The molecule has 0 radical (unpaired) electrons. The second-order valence-electron chi connectivity index (χ2n) is 23.6. The van der Waals surface area contributed by atoms with Crippen LogP contribution in [0, 0.1) is 16.2 Å². The summed E-state index contributed by atoms with van der Waals surface area (Å²) in [7, 11) is -4.52. The molecule has 0 bridgehead atoms. The van der Waals surface area contributed by atoms with Gasteiger partial charge in [-0.25, -0.2) is 18.1 Å². The number of carbonyl (C=O) groups excluding carboxylic acids is 5. The van der Waals surface area contributed by atoms with Crippen molar-refractivity contribution in [2.45, 2.75) is 95.4 Å². The number of anilines is 2. The van der Waals surface area contributed by atoms with Gasteiger partial charge in [0, 0.05) is 80.6 Å². The zero-order valence-corrected chi connectivity index (χ0v) is 48.8. The Balaban J connectivity index is 0.692. The maximum Gasteiger partial charge on any atom is 0.268 e. The Hall–Kier alpha value is -7.78. The van der Waals surface area contributed by atoms with Crippen LogP contribution in [0.15, 0.2) is 119 Å². The standard InChI is InChI=1S/C63H69ClN10O9S/c1-63(2)24-22-44(51(35-63)41-12-14-45(64)15-13-41)39-72-28-30-73(31-29-72)46-16-18-49(55(33-46)83-47-32-43-23-25-65-58(43)67-37-47)59(76)70-84(81,82)48-17-19-52(53(34-48)69-80)66-36-40-8-7-27-71(38-40)26-5-3-4-9-42-10-6-11-50-57(42)62(79)74(61(50)78)54-20-21-56(75)68-60(54)77/h6,10-19,23,25,32-34,37,40,54,66H,3-5,7-9,20-22,24,26-31,35-36,38-39H2,1-2H3,(H,65,67)(H,70,76)(H,68,75,77). The van der Waals surface area contributed by atoms with Crippen molar-refractivity contribution in [2.75, 3.05) is 69.1 Å². The fourth-order valence-electron chi connectivity index (χ4n) is 12.5. The first-order chi connectivity index (χ1) is 40.5. The molecule has 3 saturated heterocycles. The van der Waals surface area contributed by atoms with Gasteiger partial charge in [-0.05, 0) is 165 Å². The molecule has 0 saturated carbocycles. The number of benzene rings is 4. The molecule has 4 aliphatic heterocycles. The average Bonchev–Trinajstić information content (AvgIpc) is 3.45. The molecule has 6 heterocycles. The van der Waals surface area contributed by atoms with Gasteiger partial charge in [0.05, 0.1) is 33.5 Å². The highest BCUT2D eigenvalue weighted by atomic mass is 35.5. The Morgan fingerprint density at radius 1 is 0.881 bits per heavy atom. The largest absolute Gasteiger partial charge is 0.455 e. The monoisotopic (exact) mass is 1180 g/mol. The summed E-state index contributed by atoms with van der Waals surface area (Å²) >= 11 is 6.27. The molecule has 2 unspecified atom stereocenters. The lowest BCUT2D eigenvalue weighted by Gasteiger charge is -2.39. The number of hydrogen-bond donors (Lipinski definition) is 4. The number of piperidine rings is 2. The first-order valence-electron chi connectivity index (χ1n) is 29.0. The molecule has 3 fully saturated rings. The van der Waals surface area contributed by atoms with E-state index in [1.807, 2.05) is 24.3 Å². The quantitative estimate of drug-likeness (QED) is 0.0316. The van der Waals surface area contributed by atoms with Crippen molar-refractivity contribution in [1.82, 2.24) is 34.7 Å². The predicted molar refractivity (Wildman–Crippen MR) is 322 cm³/mol. The van der Waals surface area contributed by atoms with Crippen LogP contribution in [-0.2, 0) is 26.0 Å². The first-order valence-corrected chi connectivity index (χ1v) is 30.9. The Morgan fingerprint density at radius 2 is 1.70 bits per heavy atom. The highest BCUT2D eigenvalue weighted by molar-refractivity contribution is 7.90. The Bertz CT molecular complexity index is 3690. The number of H-pyrrole nitrogens is 1. The number of nitroso groups, excluding NO2 is 1. The summed E-state index contributed by atoms with van der Waals surface area (Å²) in [4.78, 5) is 92.9. The molecule has 4 aromatic carbocycles. The Kier molecular flexibility index (Phi) is 17.1. The van der Waals surface area contributed by atoms with E-state index < -0.39 is 45.6 Å². The smallest absolute Gasteiger partial charge is 0.268 e. The number of carbonyl (C=O) groups is 5. The number of nitrogens with zero attached hydrogens (tertiary/aromatic N) is 6. The third kappa shape index (κ3) is 13.0. The minimum atomic E-state index is -4.52. The number of halogens is 1. The third-order valence-corrected chi connectivity index (χ3v) is 18.7. The number of sulfonamides is 1. The molecule has 21 heteroatoms. The van der Waals surface area contributed by atoms with Crippen LogP contribution in [0.3, 0.4) is 0 Å². The number of rotatable bonds is 20. The van der Waals surface area contributed by atoms with E-state index in [0.717, 1.165) is 136 Å². The van der Waals surface area contributed by atoms with Gasteiger partial charge in [0.2, 0.25) is 11.8 Å². The van der Waals surface area contributed by atoms with Crippen molar-refractivity contribution in [3.63, 3.8) is 0 Å². The molecule has 0 spiro atoms. The molecule has 2 aromatic heterocycles. The van der Waals surface area contributed by atoms with Gasteiger partial charge in [-0.15, -0.1) is 4.91 Å². The van der Waals surface area contributed by atoms with Crippen LogP contribution in [0.25, 0.3) is 16.6 Å². The summed E-state index contributed by atoms with van der Waals surface area (Å²) in [6, 6.07) is 25.2. The molecular weight excluding hydrogens is 1110 g/mol. The van der Waals surface area contributed by atoms with E-state index in [-0.39, 0.29) is 51.6 Å². The summed E-state index contributed by atoms with van der Waals surface area (Å²) in [5, 5.41) is 10.3. The van der Waals surface area contributed by atoms with Crippen molar-refractivity contribution in [1.29, 1.82) is 0 Å². The second-order valence-corrected chi connectivity index (χ2v) is 25.7. The predicted octanol–water partition coefficient (Wildman–Crippen LogP) is 10.2. The minimum Gasteiger partial charge on any atom is -0.455 e. The number of nitrogens with one attached hydrogen (secondary N) is 4. The molecular formula is C63H69ClN10O9S. The lowest BCUT2D eigenvalue weighted by Crippen LogP contribution is -2.54. The van der Waals surface area contributed by atoms with Crippen molar-refractivity contribution < 1.29 is 37.1 Å². The van der Waals surface area contributed by atoms with Gasteiger partial charge in [-0.1, -0.05) is 61.7 Å². The number of likely N-dealkylation sites (tertiary alicyclic amines) is 1. The molecule has 11 rings (SSSR count). The molecule has 5 aliphatic rings. The van der Waals surface area contributed by atoms with Crippen LogP contribution in [0.5, 0.6) is 11.5 Å². The van der Waals surface area contributed by atoms with Crippen LogP contribution in [0.2, 0.25) is 5.02 Å². The lowest BCUT2D eigenvalue weighted by atomic mass is 9.72. The molecule has 2 atom stereocenters. The van der Waals surface area contributed by atoms with Gasteiger partial charge >= 0.3 is 0 Å². The summed E-state index contributed by atoms with van der Waals surface area (Å²) in [5.74, 6) is -2.23. The molecule has 4 N–H and O–H groups in total. The SMILES string of the molecule is CC1(C)CCC(CN2CCN(c3ccc(C(=O)NS(=O)(=O)c4ccc(NCC5CCCN(CCCCCc6cccc7c6C(=O)N(C6CCC(=O)NC6=O)C7=O)C5)c(N=O)c4)c(Oc4cnc5[nH]ccc5c4)c3)CC2)=C(c2ccc(Cl)cc2)C1. The maximum atomic E-state index is 14.2. The van der Waals surface area contributed by atoms with Crippen LogP contribution in [0.4, 0.5) is 17.1 Å². The highest BCUT2D eigenvalue weighted by Crippen LogP contribution is 2.44. The van der Waals surface area contributed by atoms with Crippen molar-refractivity contribution in [2.24, 2.45) is 16.5 Å². The number of pyridine rings is 1. The number of aromatic nitrogens is 2. The maximum absolute atomic E-state index is 14.2. The number of allylic oxidation sites excluding steroid dienone is 1. The topological polar surface area (TPSA) is 236 Å². The number of piperazine rings is 1. The summed E-state index contributed by atoms with van der Waals surface area (Å²) in [5.41, 5.74) is 7.42. The van der Waals surface area contributed by atoms with Crippen molar-refractivity contribution in [3.05, 3.63) is 147 Å². The number of hydrogen-bond acceptors (Lipinski definition) is 15. The Morgan fingerprint density at radius 3 is 2.50 bits per heavy atom. The average molecular weight is 1180 g/mol. The number of aryl methyl sites for hydroxylation is 1. The molecule has 19 nitrogen and oxygen atoms in total. The molecule has 438 valence electrons. The molecule has 1 aliphatic carbocycles. The Labute approximate surface area is 493 Å². The van der Waals surface area contributed by atoms with Gasteiger partial charge < -0.3 is 24.8 Å². The van der Waals surface area contributed by atoms with E-state index in [4.69, 9.17) is 16.3 Å². The summed E-state index contributed by atoms with van der Waals surface area (Å²) in [6.07, 6.45) is 11.8. The van der Waals surface area contributed by atoms with Gasteiger partial charge in [0.1, 0.15) is 28.9 Å². The summed E-state index contributed by atoms with van der Waals surface area (Å²) < 4.78 is 36.6. The molecule has 5 amide bonds. The zero-order chi connectivity index (χ0) is 58.7. The first kappa shape index (κ1) is 58.0. The van der Waals surface area contributed by atoms with E-state index >= 15 is 0 Å². The lowest BCUT2D eigenvalue weighted by molar-refractivity contribution is -0.136. The van der Waals surface area contributed by atoms with Gasteiger partial charge in [-0.2, -0.15) is 0 Å². The zero-order valence-electron chi connectivity index (χ0n) is 47.3. The van der Waals surface area contributed by atoms with Gasteiger partial charge in [0.25, 0.3) is 27.7 Å². The fourth-order valence-corrected chi connectivity index (χ4v) is 13.6. The number of unbranched alkanes of at least 4 members (excludes halogenated alkanes) is 2. The number of aromatic amines is 1. The normalized spacial score (nSPS) is 19.6. The van der Waals surface area contributed by atoms with Crippen LogP contribution < -0.4 is 25.0 Å². The van der Waals surface area contributed by atoms with Crippen molar-refractivity contribution >= 4 is 84.8 Å². The number of imide groups is 2. The number of ether oxygens (including phenoxy) is 1. The van der Waals surface area contributed by atoms with Crippen LogP contribution >= 0.6 is 11.6 Å². The second kappa shape index (κ2) is 24.8. The van der Waals surface area contributed by atoms with Crippen molar-refractivity contribution in [3.8, 4) is 11.5 Å². The van der Waals surface area contributed by atoms with E-state index in [1.165, 1.54) is 35.0 Å². The number of fused-ring (bicyclic) bond motifs is 2. The van der Waals surface area contributed by atoms with E-state index in [2.05, 4.69) is 71.2 Å². The number of amides is 5. The minimum absolute atomic E-state index is 0.0151. The fraction of sp³-hybridized carbons (Fsp3) is 0.397. The van der Waals surface area contributed by atoms with Gasteiger partial charge in [0.15, 0.2) is 0 Å². The van der Waals surface area contributed by atoms with E-state index in [9.17, 15) is 37.3 Å². The molecule has 84 heavy (non-hydrogen) atoms. The van der Waals surface area contributed by atoms with E-state index in [0.29, 0.717) is 35.6 Å². The van der Waals surface area contributed by atoms with E-state index in [1.54, 1.807) is 42.6 Å². The third-order valence-electron chi connectivity index (χ3n) is 17.1. The van der Waals surface area contributed by atoms with Crippen LogP contribution in [0.1, 0.15) is 120 Å². The van der Waals surface area contributed by atoms with Gasteiger partial charge in [-0.3, -0.25) is 39.1 Å². The summed E-state index contributed by atoms with van der Waals surface area (Å²) in [6.45, 7) is 11.8. The van der Waals surface area contributed by atoms with Crippen LogP contribution in [-0.4, -0.2) is 128 Å². The highest BCUT2D eigenvalue weighted by Gasteiger charge is 2.45.